The molecular weight excluding hydrogens is 618 g/mol. The molecule has 4 atom stereocenters. The maximum Gasteiger partial charge on any atom is 0.330 e. The van der Waals surface area contributed by atoms with E-state index in [9.17, 15) is 14.7 Å². The van der Waals surface area contributed by atoms with Crippen LogP contribution in [0.25, 0.3) is 0 Å². The predicted octanol–water partition coefficient (Wildman–Crippen LogP) is 5.21. The van der Waals surface area contributed by atoms with Crippen molar-refractivity contribution in [1.29, 1.82) is 0 Å². The van der Waals surface area contributed by atoms with Gasteiger partial charge in [-0.3, -0.25) is 14.3 Å². The van der Waals surface area contributed by atoms with E-state index in [0.29, 0.717) is 11.5 Å². The number of aromatic amines is 1. The largest absolute Gasteiger partial charge is 0.497 e. The normalized spacial score (nSPS) is 20.3. The molecule has 1 aliphatic heterocycles. The molecule has 1 aliphatic rings. The third kappa shape index (κ3) is 6.86. The number of aliphatic hydroxyl groups is 1. The Labute approximate surface area is 276 Å². The molecule has 1 saturated heterocycles. The van der Waals surface area contributed by atoms with Gasteiger partial charge in [0.15, 0.2) is 14.5 Å². The Kier molecular flexibility index (Phi) is 9.95. The van der Waals surface area contributed by atoms with E-state index in [2.05, 4.69) is 38.8 Å². The number of hydrogen-bond donors (Lipinski definition) is 2. The smallest absolute Gasteiger partial charge is 0.330 e. The molecule has 5 rings (SSSR count). The van der Waals surface area contributed by atoms with Crippen LogP contribution < -0.4 is 20.7 Å². The first-order valence-corrected chi connectivity index (χ1v) is 18.5. The Morgan fingerprint density at radius 3 is 1.87 bits per heavy atom. The van der Waals surface area contributed by atoms with Crippen molar-refractivity contribution in [2.24, 2.45) is 0 Å². The Balaban J connectivity index is 1.59. The average Bonchev–Trinajstić information content (AvgIpc) is 3.35. The molecule has 10 nitrogen and oxygen atoms in total. The molecule has 250 valence electrons. The number of nitrogens with zero attached hydrogens (tertiary/aromatic N) is 1. The summed E-state index contributed by atoms with van der Waals surface area (Å²) in [7, 11) is 0.760. The van der Waals surface area contributed by atoms with Crippen molar-refractivity contribution in [3.63, 3.8) is 0 Å². The van der Waals surface area contributed by atoms with E-state index in [-0.39, 0.29) is 11.6 Å². The molecule has 47 heavy (non-hydrogen) atoms. The second-order valence-electron chi connectivity index (χ2n) is 13.2. The number of rotatable bonds is 11. The first-order chi connectivity index (χ1) is 22.3. The summed E-state index contributed by atoms with van der Waals surface area (Å²) in [6, 6.07) is 26.4. The number of ether oxygens (including phenoxy) is 4. The van der Waals surface area contributed by atoms with Gasteiger partial charge in [0.2, 0.25) is 0 Å². The monoisotopic (exact) mass is 662 g/mol. The lowest BCUT2D eigenvalue weighted by molar-refractivity contribution is -0.0956. The maximum absolute atomic E-state index is 13.0. The highest BCUT2D eigenvalue weighted by molar-refractivity contribution is 6.74. The number of H-pyrrole nitrogens is 1. The fourth-order valence-electron chi connectivity index (χ4n) is 5.63. The van der Waals surface area contributed by atoms with Crippen LogP contribution in [0, 0.1) is 0 Å². The molecule has 2 N–H and O–H groups in total. The van der Waals surface area contributed by atoms with Crippen molar-refractivity contribution in [3.05, 3.63) is 129 Å². The van der Waals surface area contributed by atoms with Crippen LogP contribution in [0.2, 0.25) is 18.1 Å². The van der Waals surface area contributed by atoms with Crippen molar-refractivity contribution in [1.82, 2.24) is 9.55 Å². The van der Waals surface area contributed by atoms with Gasteiger partial charge < -0.3 is 28.5 Å². The minimum Gasteiger partial charge on any atom is -0.497 e. The van der Waals surface area contributed by atoms with Gasteiger partial charge in [-0.05, 0) is 59.1 Å². The molecule has 4 aromatic rings. The summed E-state index contributed by atoms with van der Waals surface area (Å²) in [5.74, 6) is 1.39. The zero-order valence-electron chi connectivity index (χ0n) is 27.9. The van der Waals surface area contributed by atoms with Crippen LogP contribution in [0.1, 0.15) is 43.7 Å². The maximum atomic E-state index is 13.0. The van der Waals surface area contributed by atoms with Crippen LogP contribution >= 0.6 is 0 Å². The van der Waals surface area contributed by atoms with Crippen molar-refractivity contribution >= 4 is 8.32 Å². The minimum absolute atomic E-state index is 0.0694. The quantitative estimate of drug-likeness (QED) is 0.128. The lowest BCUT2D eigenvalue weighted by Crippen LogP contribution is -2.50. The van der Waals surface area contributed by atoms with Gasteiger partial charge in [0.05, 0.1) is 20.8 Å². The van der Waals surface area contributed by atoms with E-state index in [4.69, 9.17) is 23.4 Å². The lowest BCUT2D eigenvalue weighted by Gasteiger charge is -2.40. The zero-order chi connectivity index (χ0) is 34.0. The van der Waals surface area contributed by atoms with Gasteiger partial charge in [-0.25, -0.2) is 4.79 Å². The first-order valence-electron chi connectivity index (χ1n) is 15.6. The Hall–Kier alpha value is -4.00. The molecule has 0 saturated carbocycles. The van der Waals surface area contributed by atoms with Crippen LogP contribution in [-0.2, 0) is 19.5 Å². The molecule has 0 unspecified atom stereocenters. The lowest BCUT2D eigenvalue weighted by atomic mass is 9.80. The molecule has 0 amide bonds. The molecule has 1 aromatic heterocycles. The number of methoxy groups -OCH3 is 2. The number of aliphatic hydroxyl groups excluding tert-OH is 1. The van der Waals surface area contributed by atoms with Crippen molar-refractivity contribution in [2.75, 3.05) is 20.8 Å². The van der Waals surface area contributed by atoms with Gasteiger partial charge in [0.1, 0.15) is 35.4 Å². The van der Waals surface area contributed by atoms with Gasteiger partial charge in [-0.2, -0.15) is 0 Å². The highest BCUT2D eigenvalue weighted by Crippen LogP contribution is 2.44. The molecule has 0 bridgehead atoms. The van der Waals surface area contributed by atoms with Gasteiger partial charge in [-0.1, -0.05) is 75.4 Å². The number of nitrogens with one attached hydrogen (secondary N) is 1. The van der Waals surface area contributed by atoms with E-state index in [0.717, 1.165) is 16.7 Å². The van der Waals surface area contributed by atoms with Crippen LogP contribution in [0.5, 0.6) is 11.5 Å². The summed E-state index contributed by atoms with van der Waals surface area (Å²) in [5.41, 5.74) is 0.166. The van der Waals surface area contributed by atoms with Gasteiger partial charge in [0, 0.05) is 12.3 Å². The summed E-state index contributed by atoms with van der Waals surface area (Å²) in [6.45, 7) is 10.4. The summed E-state index contributed by atoms with van der Waals surface area (Å²) in [6.07, 6.45) is -2.60. The second kappa shape index (κ2) is 13.6. The Morgan fingerprint density at radius 2 is 1.38 bits per heavy atom. The van der Waals surface area contributed by atoms with E-state index in [1.54, 1.807) is 14.2 Å². The predicted molar refractivity (Wildman–Crippen MR) is 182 cm³/mol. The molecular formula is C36H44N2O8Si. The third-order valence-electron chi connectivity index (χ3n) is 9.31. The first kappa shape index (κ1) is 34.3. The van der Waals surface area contributed by atoms with E-state index in [1.165, 1.54) is 16.8 Å². The highest BCUT2D eigenvalue weighted by Gasteiger charge is 2.51. The minimum atomic E-state index is -2.47. The van der Waals surface area contributed by atoms with E-state index >= 15 is 0 Å². The summed E-state index contributed by atoms with van der Waals surface area (Å²) in [5, 5.41) is 11.7. The van der Waals surface area contributed by atoms with Gasteiger partial charge >= 0.3 is 5.69 Å². The fraction of sp³-hybridized carbons (Fsp3) is 0.389. The van der Waals surface area contributed by atoms with Gasteiger partial charge in [0.25, 0.3) is 5.56 Å². The molecule has 11 heteroatoms. The molecule has 2 heterocycles. The number of hydrogen-bond acceptors (Lipinski definition) is 8. The zero-order valence-corrected chi connectivity index (χ0v) is 28.9. The number of benzene rings is 3. The topological polar surface area (TPSA) is 121 Å². The summed E-state index contributed by atoms with van der Waals surface area (Å²) < 4.78 is 32.4. The number of aromatic nitrogens is 2. The van der Waals surface area contributed by atoms with E-state index < -0.39 is 49.7 Å². The van der Waals surface area contributed by atoms with Crippen molar-refractivity contribution in [3.8, 4) is 11.5 Å². The Bertz CT molecular complexity index is 1700. The van der Waals surface area contributed by atoms with Crippen molar-refractivity contribution < 1.29 is 28.5 Å². The summed E-state index contributed by atoms with van der Waals surface area (Å²) >= 11 is 0. The standard InChI is InChI=1S/C36H44N2O8Si/c1-35(2,3)47(6,7)46-32-31(40)29(45-33(32)38-22-21-30(39)37-34(38)41)23-44-36(24-11-9-8-10-12-24,25-13-17-27(42-4)18-14-25)26-15-19-28(43-5)20-16-26/h8-22,29,31-33,40H,23H2,1-7H3,(H,37,39,41)/t29-,31-,32-,33-/m1/s1/i46+2. The summed E-state index contributed by atoms with van der Waals surface area (Å²) in [4.78, 5) is 27.2. The van der Waals surface area contributed by atoms with Crippen molar-refractivity contribution in [2.45, 2.75) is 69.0 Å². The molecule has 3 aromatic carbocycles. The average molecular weight is 663 g/mol. The molecule has 1 fully saturated rings. The van der Waals surface area contributed by atoms with Crippen LogP contribution in [0.4, 0.5) is 0 Å². The highest BCUT2D eigenvalue weighted by atomic mass is 28.4. The SMILES string of the molecule is COc1ccc(C(OC[C@H]2O[C@@H](n3ccc(=O)[nH]c3=O)[C@H]([18O][Si](C)(C)C(C)(C)C)[C@@H]2O)(c2ccccc2)c2ccc(OC)cc2)cc1. The fourth-order valence-corrected chi connectivity index (χ4v) is 6.92. The Morgan fingerprint density at radius 1 is 0.851 bits per heavy atom. The molecule has 0 aliphatic carbocycles. The third-order valence-corrected chi connectivity index (χ3v) is 13.8. The molecule has 0 radical (unpaired) electrons. The van der Waals surface area contributed by atoms with Crippen LogP contribution in [-0.4, -0.2) is 62.1 Å². The van der Waals surface area contributed by atoms with Crippen LogP contribution in [0.3, 0.4) is 0 Å². The second-order valence-corrected chi connectivity index (χ2v) is 18.0. The van der Waals surface area contributed by atoms with E-state index in [1.807, 2.05) is 78.9 Å². The van der Waals surface area contributed by atoms with Crippen LogP contribution in [0.15, 0.2) is 101 Å². The van der Waals surface area contributed by atoms with Gasteiger partial charge in [-0.15, -0.1) is 0 Å². The molecule has 0 spiro atoms.